The Bertz CT molecular complexity index is 673. The fourth-order valence-corrected chi connectivity index (χ4v) is 3.24. The Morgan fingerprint density at radius 3 is 2.73 bits per heavy atom. The average Bonchev–Trinajstić information content (AvgIpc) is 2.97. The Kier molecular flexibility index (Phi) is 4.13. The molecule has 0 radical (unpaired) electrons. The molecule has 0 bridgehead atoms. The highest BCUT2D eigenvalue weighted by Crippen LogP contribution is 2.32. The smallest absolute Gasteiger partial charge is 0.230 e. The third-order valence-electron chi connectivity index (χ3n) is 4.49. The molecule has 1 aromatic carbocycles. The van der Waals surface area contributed by atoms with Gasteiger partial charge in [-0.2, -0.15) is 0 Å². The molecule has 1 unspecified atom stereocenters. The number of hydrogen-bond donors (Lipinski definition) is 1. The number of aryl methyl sites for hydroxylation is 1. The molecule has 0 spiro atoms. The Labute approximate surface area is 139 Å². The van der Waals surface area contributed by atoms with Gasteiger partial charge in [-0.3, -0.25) is 4.79 Å². The average molecular weight is 362 g/mol. The van der Waals surface area contributed by atoms with E-state index in [4.69, 9.17) is 4.42 Å². The van der Waals surface area contributed by atoms with Crippen LogP contribution in [-0.4, -0.2) is 5.91 Å². The lowest BCUT2D eigenvalue weighted by atomic mass is 9.83. The van der Waals surface area contributed by atoms with Gasteiger partial charge in [0.15, 0.2) is 0 Å². The summed E-state index contributed by atoms with van der Waals surface area (Å²) in [4.78, 5) is 12.8. The zero-order valence-electron chi connectivity index (χ0n) is 12.9. The molecule has 0 aliphatic heterocycles. The van der Waals surface area contributed by atoms with Crippen molar-refractivity contribution in [2.75, 3.05) is 0 Å². The van der Waals surface area contributed by atoms with Crippen molar-refractivity contribution in [1.82, 2.24) is 5.32 Å². The molecule has 4 heteroatoms. The van der Waals surface area contributed by atoms with Gasteiger partial charge in [-0.1, -0.05) is 28.1 Å². The molecule has 2 aromatic rings. The molecule has 0 fully saturated rings. The first-order valence-electron chi connectivity index (χ1n) is 7.62. The molecular formula is C18H20BrNO2. The predicted molar refractivity (Wildman–Crippen MR) is 89.7 cm³/mol. The lowest BCUT2D eigenvalue weighted by Crippen LogP contribution is -2.42. The minimum absolute atomic E-state index is 0.0499. The molecule has 1 aliphatic rings. The standard InChI is InChI=1S/C18H20BrNO2/c1-18(2,12-6-8-13(19)9-7-12)17(21)20-15-4-3-5-16-14(15)10-11-22-16/h6-11,15H,3-5H2,1-2H3,(H,20,21). The van der Waals surface area contributed by atoms with Gasteiger partial charge in [0.05, 0.1) is 17.7 Å². The molecule has 0 saturated heterocycles. The van der Waals surface area contributed by atoms with Gasteiger partial charge in [-0.15, -0.1) is 0 Å². The van der Waals surface area contributed by atoms with Crippen LogP contribution in [0.4, 0.5) is 0 Å². The summed E-state index contributed by atoms with van der Waals surface area (Å²) in [6.07, 6.45) is 4.69. The molecule has 1 atom stereocenters. The fraction of sp³-hybridized carbons (Fsp3) is 0.389. The lowest BCUT2D eigenvalue weighted by Gasteiger charge is -2.29. The van der Waals surface area contributed by atoms with Crippen molar-refractivity contribution >= 4 is 21.8 Å². The first kappa shape index (κ1) is 15.3. The van der Waals surface area contributed by atoms with Crippen LogP contribution in [-0.2, 0) is 16.6 Å². The molecule has 3 nitrogen and oxygen atoms in total. The van der Waals surface area contributed by atoms with Crippen LogP contribution in [0.3, 0.4) is 0 Å². The summed E-state index contributed by atoms with van der Waals surface area (Å²) in [7, 11) is 0. The number of carbonyl (C=O) groups is 1. The summed E-state index contributed by atoms with van der Waals surface area (Å²) in [5, 5.41) is 3.20. The Morgan fingerprint density at radius 2 is 2.00 bits per heavy atom. The largest absolute Gasteiger partial charge is 0.469 e. The van der Waals surface area contributed by atoms with Crippen LogP contribution >= 0.6 is 15.9 Å². The number of carbonyl (C=O) groups excluding carboxylic acids is 1. The normalized spacial score (nSPS) is 17.9. The van der Waals surface area contributed by atoms with Crippen molar-refractivity contribution in [3.8, 4) is 0 Å². The van der Waals surface area contributed by atoms with Crippen LogP contribution < -0.4 is 5.32 Å². The van der Waals surface area contributed by atoms with E-state index in [1.807, 2.05) is 44.2 Å². The molecule has 1 aliphatic carbocycles. The van der Waals surface area contributed by atoms with E-state index >= 15 is 0 Å². The molecule has 22 heavy (non-hydrogen) atoms. The van der Waals surface area contributed by atoms with Gasteiger partial charge in [0, 0.05) is 16.5 Å². The number of nitrogens with one attached hydrogen (secondary N) is 1. The van der Waals surface area contributed by atoms with Crippen molar-refractivity contribution in [2.24, 2.45) is 0 Å². The quantitative estimate of drug-likeness (QED) is 0.873. The van der Waals surface area contributed by atoms with E-state index in [0.29, 0.717) is 0 Å². The van der Waals surface area contributed by atoms with Gasteiger partial charge < -0.3 is 9.73 Å². The van der Waals surface area contributed by atoms with Gasteiger partial charge >= 0.3 is 0 Å². The number of hydrogen-bond acceptors (Lipinski definition) is 2. The number of benzene rings is 1. The van der Waals surface area contributed by atoms with Crippen molar-refractivity contribution in [1.29, 1.82) is 0 Å². The first-order valence-corrected chi connectivity index (χ1v) is 8.41. The molecule has 1 aromatic heterocycles. The zero-order valence-corrected chi connectivity index (χ0v) is 14.4. The van der Waals surface area contributed by atoms with E-state index < -0.39 is 5.41 Å². The highest BCUT2D eigenvalue weighted by Gasteiger charge is 2.33. The molecule has 1 amide bonds. The monoisotopic (exact) mass is 361 g/mol. The summed E-state index contributed by atoms with van der Waals surface area (Å²) < 4.78 is 6.51. The van der Waals surface area contributed by atoms with E-state index in [1.165, 1.54) is 0 Å². The maximum atomic E-state index is 12.8. The van der Waals surface area contributed by atoms with Gasteiger partial charge in [0.2, 0.25) is 5.91 Å². The molecule has 116 valence electrons. The van der Waals surface area contributed by atoms with Crippen LogP contribution in [0.1, 0.15) is 49.6 Å². The molecular weight excluding hydrogens is 342 g/mol. The maximum Gasteiger partial charge on any atom is 0.230 e. The molecule has 1 heterocycles. The number of fused-ring (bicyclic) bond motifs is 1. The Hall–Kier alpha value is -1.55. The van der Waals surface area contributed by atoms with Gasteiger partial charge in [-0.25, -0.2) is 0 Å². The van der Waals surface area contributed by atoms with Crippen molar-refractivity contribution in [3.05, 3.63) is 58.0 Å². The topological polar surface area (TPSA) is 42.2 Å². The highest BCUT2D eigenvalue weighted by molar-refractivity contribution is 9.10. The second-order valence-electron chi connectivity index (χ2n) is 6.35. The van der Waals surface area contributed by atoms with Gasteiger partial charge in [0.25, 0.3) is 0 Å². The summed E-state index contributed by atoms with van der Waals surface area (Å²) in [5.41, 5.74) is 1.57. The van der Waals surface area contributed by atoms with Crippen LogP contribution in [0.2, 0.25) is 0 Å². The van der Waals surface area contributed by atoms with Crippen LogP contribution in [0.25, 0.3) is 0 Å². The predicted octanol–water partition coefficient (Wildman–Crippen LogP) is 4.51. The summed E-state index contributed by atoms with van der Waals surface area (Å²) in [6.45, 7) is 3.93. The van der Waals surface area contributed by atoms with Crippen molar-refractivity contribution in [3.63, 3.8) is 0 Å². The highest BCUT2D eigenvalue weighted by atomic mass is 79.9. The SMILES string of the molecule is CC(C)(C(=O)NC1CCCc2occc21)c1ccc(Br)cc1. The van der Waals surface area contributed by atoms with E-state index in [2.05, 4.69) is 21.2 Å². The van der Waals surface area contributed by atoms with Crippen molar-refractivity contribution < 1.29 is 9.21 Å². The van der Waals surface area contributed by atoms with Crippen LogP contribution in [0.15, 0.2) is 45.5 Å². The van der Waals surface area contributed by atoms with Gasteiger partial charge in [0.1, 0.15) is 5.76 Å². The van der Waals surface area contributed by atoms with E-state index in [9.17, 15) is 4.79 Å². The summed E-state index contributed by atoms with van der Waals surface area (Å²) >= 11 is 3.43. The molecule has 0 saturated carbocycles. The number of amides is 1. The van der Waals surface area contributed by atoms with E-state index in [1.54, 1.807) is 6.26 Å². The summed E-state index contributed by atoms with van der Waals surface area (Å²) in [5.74, 6) is 1.06. The lowest BCUT2D eigenvalue weighted by molar-refractivity contribution is -0.126. The van der Waals surface area contributed by atoms with Gasteiger partial charge in [-0.05, 0) is 50.5 Å². The number of furan rings is 1. The second kappa shape index (κ2) is 5.92. The second-order valence-corrected chi connectivity index (χ2v) is 7.26. The fourth-order valence-electron chi connectivity index (χ4n) is 2.97. The Morgan fingerprint density at radius 1 is 1.27 bits per heavy atom. The maximum absolute atomic E-state index is 12.8. The molecule has 3 rings (SSSR count). The number of halogens is 1. The summed E-state index contributed by atoms with van der Waals surface area (Å²) in [6, 6.07) is 9.97. The molecule has 1 N–H and O–H groups in total. The Balaban J connectivity index is 1.78. The first-order chi connectivity index (χ1) is 10.5. The van der Waals surface area contributed by atoms with E-state index in [-0.39, 0.29) is 11.9 Å². The van der Waals surface area contributed by atoms with Crippen LogP contribution in [0.5, 0.6) is 0 Å². The minimum Gasteiger partial charge on any atom is -0.469 e. The third kappa shape index (κ3) is 2.84. The number of rotatable bonds is 3. The minimum atomic E-state index is -0.567. The third-order valence-corrected chi connectivity index (χ3v) is 5.02. The van der Waals surface area contributed by atoms with E-state index in [0.717, 1.165) is 40.6 Å². The van der Waals surface area contributed by atoms with Crippen LogP contribution in [0, 0.1) is 0 Å². The van der Waals surface area contributed by atoms with Crippen molar-refractivity contribution in [2.45, 2.75) is 44.6 Å². The zero-order chi connectivity index (χ0) is 15.7.